The monoisotopic (exact) mass is 431 g/mol. The highest BCUT2D eigenvalue weighted by Gasteiger charge is 2.20. The predicted molar refractivity (Wildman–Crippen MR) is 113 cm³/mol. The SMILES string of the molecule is Cc1ccc(S(=O)(=O)NCCC(C)(C)O)cc1-c1cnc(N)c(-c2cnn(C)n2)n1. The molecule has 1 aromatic carbocycles. The van der Waals surface area contributed by atoms with Crippen LogP contribution in [0.3, 0.4) is 0 Å². The van der Waals surface area contributed by atoms with E-state index in [1.165, 1.54) is 23.3 Å². The first-order valence-corrected chi connectivity index (χ1v) is 10.8. The Bertz CT molecular complexity index is 1170. The number of aromatic nitrogens is 5. The van der Waals surface area contributed by atoms with Crippen LogP contribution in [0, 0.1) is 6.92 Å². The third kappa shape index (κ3) is 4.99. The van der Waals surface area contributed by atoms with Gasteiger partial charge in [0.15, 0.2) is 5.82 Å². The summed E-state index contributed by atoms with van der Waals surface area (Å²) in [6.45, 7) is 5.22. The van der Waals surface area contributed by atoms with Gasteiger partial charge in [-0.25, -0.2) is 23.1 Å². The number of aliphatic hydroxyl groups is 1. The normalized spacial score (nSPS) is 12.3. The van der Waals surface area contributed by atoms with Crippen molar-refractivity contribution in [1.29, 1.82) is 0 Å². The maximum absolute atomic E-state index is 12.7. The van der Waals surface area contributed by atoms with E-state index in [9.17, 15) is 13.5 Å². The van der Waals surface area contributed by atoms with Gasteiger partial charge in [0.25, 0.3) is 0 Å². The molecule has 0 spiro atoms. The third-order valence-corrected chi connectivity index (χ3v) is 5.93. The summed E-state index contributed by atoms with van der Waals surface area (Å²) in [6.07, 6.45) is 3.32. The van der Waals surface area contributed by atoms with Crippen LogP contribution in [-0.4, -0.2) is 50.6 Å². The molecule has 2 heterocycles. The first kappa shape index (κ1) is 21.8. The molecule has 4 N–H and O–H groups in total. The lowest BCUT2D eigenvalue weighted by atomic mass is 10.1. The van der Waals surface area contributed by atoms with Gasteiger partial charge in [0.2, 0.25) is 10.0 Å². The fourth-order valence-corrected chi connectivity index (χ4v) is 3.85. The molecule has 0 fully saturated rings. The van der Waals surface area contributed by atoms with Gasteiger partial charge < -0.3 is 10.8 Å². The van der Waals surface area contributed by atoms with Crippen LogP contribution in [0.2, 0.25) is 0 Å². The van der Waals surface area contributed by atoms with E-state index in [1.54, 1.807) is 33.0 Å². The number of anilines is 1. The Morgan fingerprint density at radius 1 is 1.23 bits per heavy atom. The van der Waals surface area contributed by atoms with Crippen molar-refractivity contribution in [2.75, 3.05) is 12.3 Å². The van der Waals surface area contributed by atoms with Gasteiger partial charge in [-0.3, -0.25) is 0 Å². The zero-order chi connectivity index (χ0) is 22.1. The van der Waals surface area contributed by atoms with Gasteiger partial charge in [0.05, 0.1) is 28.6 Å². The maximum atomic E-state index is 12.7. The number of sulfonamides is 1. The van der Waals surface area contributed by atoms with Crippen molar-refractivity contribution in [3.8, 4) is 22.6 Å². The highest BCUT2D eigenvalue weighted by molar-refractivity contribution is 7.89. The molecule has 3 aromatic rings. The Balaban J connectivity index is 1.96. The molecule has 11 heteroatoms. The molecule has 0 unspecified atom stereocenters. The number of aryl methyl sites for hydroxylation is 2. The Morgan fingerprint density at radius 3 is 2.60 bits per heavy atom. The predicted octanol–water partition coefficient (Wildman–Crippen LogP) is 1.27. The fraction of sp³-hybridized carbons (Fsp3) is 0.368. The molecule has 3 rings (SSSR count). The number of nitrogens with one attached hydrogen (secondary N) is 1. The second kappa shape index (κ2) is 8.09. The fourth-order valence-electron chi connectivity index (χ4n) is 2.79. The minimum atomic E-state index is -3.76. The Morgan fingerprint density at radius 2 is 1.97 bits per heavy atom. The van der Waals surface area contributed by atoms with Crippen LogP contribution in [0.25, 0.3) is 22.6 Å². The van der Waals surface area contributed by atoms with Crippen LogP contribution in [0.15, 0.2) is 35.5 Å². The zero-order valence-corrected chi connectivity index (χ0v) is 18.1. The molecule has 0 saturated carbocycles. The number of nitrogen functional groups attached to an aromatic ring is 1. The van der Waals surface area contributed by atoms with E-state index in [2.05, 4.69) is 24.9 Å². The van der Waals surface area contributed by atoms with E-state index in [4.69, 9.17) is 5.73 Å². The van der Waals surface area contributed by atoms with E-state index in [1.807, 2.05) is 6.92 Å². The Labute approximate surface area is 175 Å². The summed E-state index contributed by atoms with van der Waals surface area (Å²) in [5, 5.41) is 18.0. The van der Waals surface area contributed by atoms with Crippen LogP contribution in [-0.2, 0) is 17.1 Å². The number of hydrogen-bond donors (Lipinski definition) is 3. The van der Waals surface area contributed by atoms with Crippen LogP contribution in [0.4, 0.5) is 5.82 Å². The molecule has 10 nitrogen and oxygen atoms in total. The molecule has 0 amide bonds. The first-order chi connectivity index (χ1) is 14.0. The number of rotatable bonds is 7. The van der Waals surface area contributed by atoms with Gasteiger partial charge in [-0.05, 0) is 44.9 Å². The molecule has 160 valence electrons. The molecule has 0 aliphatic rings. The average Bonchev–Trinajstić information content (AvgIpc) is 3.07. The summed E-state index contributed by atoms with van der Waals surface area (Å²) in [7, 11) is -2.08. The van der Waals surface area contributed by atoms with Crippen molar-refractivity contribution in [2.45, 2.75) is 37.7 Å². The van der Waals surface area contributed by atoms with Crippen molar-refractivity contribution in [3.63, 3.8) is 0 Å². The summed E-state index contributed by atoms with van der Waals surface area (Å²) in [5.74, 6) is 0.203. The topological polar surface area (TPSA) is 149 Å². The molecule has 0 aliphatic carbocycles. The zero-order valence-electron chi connectivity index (χ0n) is 17.3. The molecular formula is C19H25N7O3S. The molecule has 2 aromatic heterocycles. The summed E-state index contributed by atoms with van der Waals surface area (Å²) in [6, 6.07) is 4.78. The smallest absolute Gasteiger partial charge is 0.240 e. The molecule has 0 radical (unpaired) electrons. The van der Waals surface area contributed by atoms with Crippen LogP contribution >= 0.6 is 0 Å². The number of hydrogen-bond acceptors (Lipinski definition) is 8. The number of nitrogens with zero attached hydrogens (tertiary/aromatic N) is 5. The van der Waals surface area contributed by atoms with Crippen molar-refractivity contribution >= 4 is 15.8 Å². The highest BCUT2D eigenvalue weighted by atomic mass is 32.2. The van der Waals surface area contributed by atoms with Crippen LogP contribution < -0.4 is 10.5 Å². The summed E-state index contributed by atoms with van der Waals surface area (Å²) < 4.78 is 27.9. The van der Waals surface area contributed by atoms with E-state index < -0.39 is 15.6 Å². The molecule has 30 heavy (non-hydrogen) atoms. The van der Waals surface area contributed by atoms with Crippen molar-refractivity contribution in [3.05, 3.63) is 36.2 Å². The molecule has 0 saturated heterocycles. The second-order valence-corrected chi connectivity index (χ2v) is 9.41. The summed E-state index contributed by atoms with van der Waals surface area (Å²) >= 11 is 0. The van der Waals surface area contributed by atoms with Crippen molar-refractivity contribution in [2.24, 2.45) is 7.05 Å². The lowest BCUT2D eigenvalue weighted by Gasteiger charge is -2.17. The summed E-state index contributed by atoms with van der Waals surface area (Å²) in [4.78, 5) is 10.2. The van der Waals surface area contributed by atoms with Gasteiger partial charge in [0, 0.05) is 19.2 Å². The van der Waals surface area contributed by atoms with E-state index in [0.717, 1.165) is 5.56 Å². The molecule has 0 bridgehead atoms. The van der Waals surface area contributed by atoms with Gasteiger partial charge in [0.1, 0.15) is 11.4 Å². The third-order valence-electron chi connectivity index (χ3n) is 4.47. The Hall–Kier alpha value is -2.89. The average molecular weight is 432 g/mol. The largest absolute Gasteiger partial charge is 0.390 e. The number of nitrogens with two attached hydrogens (primary N) is 1. The maximum Gasteiger partial charge on any atom is 0.240 e. The lowest BCUT2D eigenvalue weighted by molar-refractivity contribution is 0.0728. The minimum absolute atomic E-state index is 0.0959. The second-order valence-electron chi connectivity index (χ2n) is 7.65. The first-order valence-electron chi connectivity index (χ1n) is 9.28. The van der Waals surface area contributed by atoms with E-state index in [0.29, 0.717) is 22.6 Å². The van der Waals surface area contributed by atoms with E-state index >= 15 is 0 Å². The summed E-state index contributed by atoms with van der Waals surface area (Å²) in [5.41, 5.74) is 7.75. The molecular weight excluding hydrogens is 406 g/mol. The standard InChI is InChI=1S/C19H25N7O3S/c1-12-5-6-13(30(28,29)23-8-7-19(2,3)27)9-14(12)15-10-21-18(20)17(24-15)16-11-22-26(4)25-16/h5-6,9-11,23,27H,7-8H2,1-4H3,(H2,20,21). The van der Waals surface area contributed by atoms with Crippen LogP contribution in [0.1, 0.15) is 25.8 Å². The Kier molecular flexibility index (Phi) is 5.88. The van der Waals surface area contributed by atoms with E-state index in [-0.39, 0.29) is 23.7 Å². The van der Waals surface area contributed by atoms with Gasteiger partial charge in [-0.15, -0.1) is 0 Å². The number of benzene rings is 1. The van der Waals surface area contributed by atoms with Gasteiger partial charge >= 0.3 is 0 Å². The molecule has 0 aliphatic heterocycles. The van der Waals surface area contributed by atoms with Gasteiger partial charge in [-0.2, -0.15) is 15.0 Å². The minimum Gasteiger partial charge on any atom is -0.390 e. The molecule has 0 atom stereocenters. The van der Waals surface area contributed by atoms with Crippen molar-refractivity contribution in [1.82, 2.24) is 29.7 Å². The van der Waals surface area contributed by atoms with Crippen molar-refractivity contribution < 1.29 is 13.5 Å². The van der Waals surface area contributed by atoms with Crippen LogP contribution in [0.5, 0.6) is 0 Å². The van der Waals surface area contributed by atoms with Gasteiger partial charge in [-0.1, -0.05) is 6.07 Å². The quantitative estimate of drug-likeness (QED) is 0.506. The highest BCUT2D eigenvalue weighted by Crippen LogP contribution is 2.28. The lowest BCUT2D eigenvalue weighted by Crippen LogP contribution is -2.30.